The van der Waals surface area contributed by atoms with Gasteiger partial charge in [0.2, 0.25) is 11.8 Å². The van der Waals surface area contributed by atoms with Crippen molar-refractivity contribution in [1.82, 2.24) is 9.97 Å². The van der Waals surface area contributed by atoms with Gasteiger partial charge in [0.1, 0.15) is 17.8 Å². The predicted octanol–water partition coefficient (Wildman–Crippen LogP) is 4.06. The maximum absolute atomic E-state index is 5.63. The van der Waals surface area contributed by atoms with Crippen LogP contribution in [-0.4, -0.2) is 9.97 Å². The third-order valence-corrected chi connectivity index (χ3v) is 2.55. The lowest BCUT2D eigenvalue weighted by atomic mass is 10.3. The molecule has 4 nitrogen and oxygen atoms in total. The lowest BCUT2D eigenvalue weighted by Crippen LogP contribution is -1.92. The summed E-state index contributed by atoms with van der Waals surface area (Å²) in [5, 5.41) is 0. The molecule has 0 saturated carbocycles. The van der Waals surface area contributed by atoms with Gasteiger partial charge in [-0.05, 0) is 24.3 Å². The van der Waals surface area contributed by atoms with Crippen LogP contribution in [0.3, 0.4) is 0 Å². The van der Waals surface area contributed by atoms with E-state index >= 15 is 0 Å². The van der Waals surface area contributed by atoms with E-state index in [0.717, 1.165) is 11.5 Å². The van der Waals surface area contributed by atoms with Gasteiger partial charge in [-0.15, -0.1) is 0 Å². The summed E-state index contributed by atoms with van der Waals surface area (Å²) in [5.74, 6) is 2.32. The van der Waals surface area contributed by atoms with Gasteiger partial charge < -0.3 is 9.47 Å². The lowest BCUT2D eigenvalue weighted by molar-refractivity contribution is 0.433. The summed E-state index contributed by atoms with van der Waals surface area (Å²) >= 11 is 0. The van der Waals surface area contributed by atoms with E-state index in [1.807, 2.05) is 60.7 Å². The SMILES string of the molecule is c1ccc(Oc2cc(Oc3ccccc3)ncn2)cc1. The summed E-state index contributed by atoms with van der Waals surface area (Å²) in [7, 11) is 0. The molecule has 0 bridgehead atoms. The Morgan fingerprint density at radius 1 is 0.600 bits per heavy atom. The summed E-state index contributed by atoms with van der Waals surface area (Å²) < 4.78 is 11.3. The Morgan fingerprint density at radius 3 is 1.50 bits per heavy atom. The van der Waals surface area contributed by atoms with E-state index in [0.29, 0.717) is 11.8 Å². The Labute approximate surface area is 116 Å². The quantitative estimate of drug-likeness (QED) is 0.712. The number of ether oxygens (including phenoxy) is 2. The zero-order valence-corrected chi connectivity index (χ0v) is 10.6. The second-order valence-electron chi connectivity index (χ2n) is 4.02. The summed E-state index contributed by atoms with van der Waals surface area (Å²) in [6, 6.07) is 20.6. The van der Waals surface area contributed by atoms with Crippen molar-refractivity contribution >= 4 is 0 Å². The van der Waals surface area contributed by atoms with E-state index in [-0.39, 0.29) is 0 Å². The van der Waals surface area contributed by atoms with Crippen LogP contribution in [0.15, 0.2) is 73.1 Å². The molecule has 1 aromatic heterocycles. The van der Waals surface area contributed by atoms with Crippen molar-refractivity contribution in [3.8, 4) is 23.3 Å². The van der Waals surface area contributed by atoms with Gasteiger partial charge in [-0.2, -0.15) is 0 Å². The van der Waals surface area contributed by atoms with Crippen LogP contribution >= 0.6 is 0 Å². The first kappa shape index (κ1) is 12.2. The maximum Gasteiger partial charge on any atom is 0.226 e. The highest BCUT2D eigenvalue weighted by atomic mass is 16.5. The fraction of sp³-hybridized carbons (Fsp3) is 0. The van der Waals surface area contributed by atoms with Crippen molar-refractivity contribution in [3.05, 3.63) is 73.1 Å². The molecule has 0 fully saturated rings. The number of hydrogen-bond acceptors (Lipinski definition) is 4. The first-order valence-corrected chi connectivity index (χ1v) is 6.18. The van der Waals surface area contributed by atoms with Gasteiger partial charge >= 0.3 is 0 Å². The van der Waals surface area contributed by atoms with Crippen LogP contribution in [0.25, 0.3) is 0 Å². The van der Waals surface area contributed by atoms with Crippen LogP contribution in [-0.2, 0) is 0 Å². The second kappa shape index (κ2) is 5.84. The zero-order valence-electron chi connectivity index (χ0n) is 10.6. The Bertz CT molecular complexity index is 616. The van der Waals surface area contributed by atoms with Crippen LogP contribution in [0.1, 0.15) is 0 Å². The molecule has 3 aromatic rings. The number of rotatable bonds is 4. The molecule has 0 spiro atoms. The highest BCUT2D eigenvalue weighted by Crippen LogP contribution is 2.24. The van der Waals surface area contributed by atoms with Crippen molar-refractivity contribution in [2.75, 3.05) is 0 Å². The second-order valence-corrected chi connectivity index (χ2v) is 4.02. The van der Waals surface area contributed by atoms with Crippen LogP contribution in [0.4, 0.5) is 0 Å². The Kier molecular flexibility index (Phi) is 3.55. The van der Waals surface area contributed by atoms with E-state index in [1.165, 1.54) is 6.33 Å². The van der Waals surface area contributed by atoms with Crippen LogP contribution in [0.2, 0.25) is 0 Å². The van der Waals surface area contributed by atoms with E-state index in [1.54, 1.807) is 6.07 Å². The lowest BCUT2D eigenvalue weighted by Gasteiger charge is -2.07. The minimum atomic E-state index is 0.442. The third-order valence-electron chi connectivity index (χ3n) is 2.55. The molecule has 0 amide bonds. The molecule has 4 heteroatoms. The van der Waals surface area contributed by atoms with Gasteiger partial charge in [-0.1, -0.05) is 36.4 Å². The third kappa shape index (κ3) is 3.11. The Balaban J connectivity index is 1.76. The summed E-state index contributed by atoms with van der Waals surface area (Å²) in [6.45, 7) is 0. The van der Waals surface area contributed by atoms with Crippen molar-refractivity contribution < 1.29 is 9.47 Å². The number of para-hydroxylation sites is 2. The molecule has 0 atom stereocenters. The fourth-order valence-corrected chi connectivity index (χ4v) is 1.65. The van der Waals surface area contributed by atoms with Gasteiger partial charge in [-0.25, -0.2) is 9.97 Å². The molecular formula is C16H12N2O2. The van der Waals surface area contributed by atoms with Crippen molar-refractivity contribution in [2.24, 2.45) is 0 Å². The van der Waals surface area contributed by atoms with E-state index in [9.17, 15) is 0 Å². The minimum absolute atomic E-state index is 0.442. The van der Waals surface area contributed by atoms with E-state index in [2.05, 4.69) is 9.97 Å². The van der Waals surface area contributed by atoms with Gasteiger partial charge in [0.15, 0.2) is 0 Å². The van der Waals surface area contributed by atoms with Crippen molar-refractivity contribution in [2.45, 2.75) is 0 Å². The number of hydrogen-bond donors (Lipinski definition) is 0. The average Bonchev–Trinajstić information content (AvgIpc) is 2.50. The Morgan fingerprint density at radius 2 is 1.05 bits per heavy atom. The van der Waals surface area contributed by atoms with E-state index in [4.69, 9.17) is 9.47 Å². The molecule has 0 N–H and O–H groups in total. The molecule has 0 unspecified atom stereocenters. The molecule has 0 saturated heterocycles. The maximum atomic E-state index is 5.63. The Hall–Kier alpha value is -2.88. The topological polar surface area (TPSA) is 44.2 Å². The van der Waals surface area contributed by atoms with E-state index < -0.39 is 0 Å². The van der Waals surface area contributed by atoms with Gasteiger partial charge in [0.25, 0.3) is 0 Å². The number of benzene rings is 2. The predicted molar refractivity (Wildman–Crippen MR) is 75.1 cm³/mol. The highest BCUT2D eigenvalue weighted by Gasteiger charge is 2.03. The standard InChI is InChI=1S/C16H12N2O2/c1-3-7-13(8-4-1)19-15-11-16(18-12-17-15)20-14-9-5-2-6-10-14/h1-12H. The molecular weight excluding hydrogens is 252 g/mol. The smallest absolute Gasteiger partial charge is 0.226 e. The largest absolute Gasteiger partial charge is 0.439 e. The van der Waals surface area contributed by atoms with Gasteiger partial charge in [0.05, 0.1) is 6.07 Å². The van der Waals surface area contributed by atoms with Gasteiger partial charge in [0, 0.05) is 0 Å². The normalized spacial score (nSPS) is 10.0. The first-order valence-electron chi connectivity index (χ1n) is 6.18. The molecule has 2 aromatic carbocycles. The average molecular weight is 264 g/mol. The van der Waals surface area contributed by atoms with Crippen molar-refractivity contribution in [3.63, 3.8) is 0 Å². The molecule has 20 heavy (non-hydrogen) atoms. The highest BCUT2D eigenvalue weighted by molar-refractivity contribution is 5.31. The molecule has 3 rings (SSSR count). The van der Waals surface area contributed by atoms with Crippen LogP contribution in [0.5, 0.6) is 23.3 Å². The van der Waals surface area contributed by atoms with Crippen LogP contribution in [0, 0.1) is 0 Å². The first-order chi connectivity index (χ1) is 9.90. The fourth-order valence-electron chi connectivity index (χ4n) is 1.65. The monoisotopic (exact) mass is 264 g/mol. The molecule has 1 heterocycles. The van der Waals surface area contributed by atoms with Crippen molar-refractivity contribution in [1.29, 1.82) is 0 Å². The zero-order chi connectivity index (χ0) is 13.6. The molecule has 0 radical (unpaired) electrons. The number of aromatic nitrogens is 2. The molecule has 0 aliphatic heterocycles. The molecule has 0 aliphatic carbocycles. The summed E-state index contributed by atoms with van der Waals surface area (Å²) in [6.07, 6.45) is 1.41. The molecule has 98 valence electrons. The van der Waals surface area contributed by atoms with Crippen LogP contribution < -0.4 is 9.47 Å². The minimum Gasteiger partial charge on any atom is -0.439 e. The number of nitrogens with zero attached hydrogens (tertiary/aromatic N) is 2. The summed E-state index contributed by atoms with van der Waals surface area (Å²) in [4.78, 5) is 8.13. The summed E-state index contributed by atoms with van der Waals surface area (Å²) in [5.41, 5.74) is 0. The molecule has 0 aliphatic rings. The van der Waals surface area contributed by atoms with Gasteiger partial charge in [-0.3, -0.25) is 0 Å².